The van der Waals surface area contributed by atoms with Crippen LogP contribution >= 0.6 is 34.5 Å². The molecule has 2 rings (SSSR count). The van der Waals surface area contributed by atoms with Gasteiger partial charge in [0.25, 0.3) is 5.56 Å². The normalized spacial score (nSPS) is 11.4. The van der Waals surface area contributed by atoms with Crippen molar-refractivity contribution in [2.75, 3.05) is 0 Å². The molecule has 0 radical (unpaired) electrons. The summed E-state index contributed by atoms with van der Waals surface area (Å²) in [5.74, 6) is -0.341. The van der Waals surface area contributed by atoms with Gasteiger partial charge < -0.3 is 5.32 Å². The van der Waals surface area contributed by atoms with Gasteiger partial charge in [-0.1, -0.05) is 44.0 Å². The third-order valence-electron chi connectivity index (χ3n) is 3.28. The van der Waals surface area contributed by atoms with Crippen molar-refractivity contribution in [2.24, 2.45) is 5.41 Å². The highest BCUT2D eigenvalue weighted by atomic mass is 35.5. The Morgan fingerprint density at radius 2 is 1.96 bits per heavy atom. The maximum Gasteiger partial charge on any atom is 0.287 e. The van der Waals surface area contributed by atoms with E-state index in [4.69, 9.17) is 23.2 Å². The van der Waals surface area contributed by atoms with Gasteiger partial charge in [0.1, 0.15) is 11.6 Å². The Balaban J connectivity index is 2.05. The van der Waals surface area contributed by atoms with Gasteiger partial charge in [-0.3, -0.25) is 14.4 Å². The molecule has 0 atom stereocenters. The van der Waals surface area contributed by atoms with Gasteiger partial charge in [-0.2, -0.15) is 5.10 Å². The molecule has 0 saturated carbocycles. The van der Waals surface area contributed by atoms with Crippen molar-refractivity contribution >= 4 is 46.2 Å². The summed E-state index contributed by atoms with van der Waals surface area (Å²) in [6.07, 6.45) is 1.22. The summed E-state index contributed by atoms with van der Waals surface area (Å²) in [7, 11) is 0. The molecule has 134 valence electrons. The Morgan fingerprint density at radius 3 is 2.60 bits per heavy atom. The molecule has 0 spiro atoms. The number of aromatic nitrogens is 2. The van der Waals surface area contributed by atoms with Crippen molar-refractivity contribution in [1.29, 1.82) is 0 Å². The lowest BCUT2D eigenvalue weighted by Crippen LogP contribution is -2.34. The second-order valence-corrected chi connectivity index (χ2v) is 8.34. The Labute approximate surface area is 158 Å². The lowest BCUT2D eigenvalue weighted by Gasteiger charge is -2.17. The average Bonchev–Trinajstić information content (AvgIpc) is 3.01. The molecule has 25 heavy (non-hydrogen) atoms. The van der Waals surface area contributed by atoms with Gasteiger partial charge in [0, 0.05) is 10.3 Å². The minimum absolute atomic E-state index is 0.0448. The molecule has 2 aromatic rings. The molecular weight excluding hydrogens is 385 g/mol. The van der Waals surface area contributed by atoms with Crippen LogP contribution in [0.25, 0.3) is 0 Å². The third-order valence-corrected chi connectivity index (χ3v) is 5.15. The van der Waals surface area contributed by atoms with Crippen molar-refractivity contribution < 1.29 is 9.59 Å². The zero-order chi connectivity index (χ0) is 18.8. The fourth-order valence-electron chi connectivity index (χ4n) is 1.83. The first-order chi connectivity index (χ1) is 11.6. The van der Waals surface area contributed by atoms with E-state index in [9.17, 15) is 14.4 Å². The van der Waals surface area contributed by atoms with E-state index in [-0.39, 0.29) is 28.3 Å². The smallest absolute Gasteiger partial charge is 0.287 e. The topological polar surface area (TPSA) is 81.1 Å². The third kappa shape index (κ3) is 4.90. The van der Waals surface area contributed by atoms with Crippen LogP contribution in [0.5, 0.6) is 0 Å². The van der Waals surface area contributed by atoms with Crippen LogP contribution in [-0.4, -0.2) is 21.5 Å². The van der Waals surface area contributed by atoms with Gasteiger partial charge in [0.2, 0.25) is 5.91 Å². The van der Waals surface area contributed by atoms with E-state index in [1.807, 2.05) is 20.8 Å². The van der Waals surface area contributed by atoms with E-state index in [0.717, 1.165) is 9.56 Å². The van der Waals surface area contributed by atoms with Crippen molar-refractivity contribution in [1.82, 2.24) is 15.1 Å². The van der Waals surface area contributed by atoms with Crippen molar-refractivity contribution in [3.8, 4) is 0 Å². The highest BCUT2D eigenvalue weighted by molar-refractivity contribution is 7.14. The SMILES string of the molecule is CC(C)(C)C(=O)NCc1ccc(C(=O)Cn2ncc(Cl)c(Cl)c2=O)s1. The molecule has 2 aromatic heterocycles. The summed E-state index contributed by atoms with van der Waals surface area (Å²) in [6, 6.07) is 3.43. The molecule has 9 heteroatoms. The lowest BCUT2D eigenvalue weighted by atomic mass is 9.96. The number of ketones is 1. The van der Waals surface area contributed by atoms with Crippen LogP contribution in [0.3, 0.4) is 0 Å². The van der Waals surface area contributed by atoms with E-state index < -0.39 is 11.0 Å². The molecule has 0 saturated heterocycles. The highest BCUT2D eigenvalue weighted by Gasteiger charge is 2.21. The summed E-state index contributed by atoms with van der Waals surface area (Å²) in [6.45, 7) is 5.60. The number of carbonyl (C=O) groups excluding carboxylic acids is 2. The van der Waals surface area contributed by atoms with Gasteiger partial charge in [-0.25, -0.2) is 4.68 Å². The number of carbonyl (C=O) groups is 2. The molecular formula is C16H17Cl2N3O3S. The zero-order valence-electron chi connectivity index (χ0n) is 13.9. The molecule has 0 aliphatic heterocycles. The first kappa shape index (κ1) is 19.6. The molecule has 6 nitrogen and oxygen atoms in total. The summed E-state index contributed by atoms with van der Waals surface area (Å²) in [4.78, 5) is 37.4. The van der Waals surface area contributed by atoms with Crippen LogP contribution in [0.1, 0.15) is 35.3 Å². The van der Waals surface area contributed by atoms with Crippen molar-refractivity contribution in [2.45, 2.75) is 33.9 Å². The van der Waals surface area contributed by atoms with Crippen molar-refractivity contribution in [3.05, 3.63) is 48.5 Å². The van der Waals surface area contributed by atoms with Crippen LogP contribution in [-0.2, 0) is 17.9 Å². The fraction of sp³-hybridized carbons (Fsp3) is 0.375. The minimum atomic E-state index is -0.614. The monoisotopic (exact) mass is 401 g/mol. The molecule has 1 N–H and O–H groups in total. The number of nitrogens with zero attached hydrogens (tertiary/aromatic N) is 2. The summed E-state index contributed by atoms with van der Waals surface area (Å²) < 4.78 is 0.970. The van der Waals surface area contributed by atoms with Gasteiger partial charge in [-0.15, -0.1) is 11.3 Å². The quantitative estimate of drug-likeness (QED) is 0.780. The van der Waals surface area contributed by atoms with Crippen LogP contribution in [0.2, 0.25) is 10.0 Å². The van der Waals surface area contributed by atoms with E-state index in [2.05, 4.69) is 10.4 Å². The van der Waals surface area contributed by atoms with E-state index in [1.165, 1.54) is 17.5 Å². The first-order valence-electron chi connectivity index (χ1n) is 7.41. The maximum atomic E-state index is 12.3. The lowest BCUT2D eigenvalue weighted by molar-refractivity contribution is -0.128. The average molecular weight is 402 g/mol. The van der Waals surface area contributed by atoms with Crippen molar-refractivity contribution in [3.63, 3.8) is 0 Å². The standard InChI is InChI=1S/C16H17Cl2N3O3S/c1-16(2,3)15(24)19-6-9-4-5-12(25-9)11(22)8-21-14(23)13(18)10(17)7-20-21/h4-5,7H,6,8H2,1-3H3,(H,19,24). The summed E-state index contributed by atoms with van der Waals surface area (Å²) >= 11 is 12.7. The number of halogens is 2. The van der Waals surface area contributed by atoms with Gasteiger partial charge in [0.05, 0.1) is 22.6 Å². The molecule has 1 amide bonds. The Morgan fingerprint density at radius 1 is 1.28 bits per heavy atom. The molecule has 0 fully saturated rings. The zero-order valence-corrected chi connectivity index (χ0v) is 16.3. The van der Waals surface area contributed by atoms with Crippen LogP contribution in [0.4, 0.5) is 0 Å². The number of Topliss-reactive ketones (excluding diaryl/α,β-unsaturated/α-hetero) is 1. The number of thiophene rings is 1. The number of hydrogen-bond donors (Lipinski definition) is 1. The fourth-order valence-corrected chi connectivity index (χ4v) is 2.98. The van der Waals surface area contributed by atoms with Gasteiger partial charge in [0.15, 0.2) is 5.78 Å². The first-order valence-corrected chi connectivity index (χ1v) is 8.98. The molecule has 0 aliphatic carbocycles. The highest BCUT2D eigenvalue weighted by Crippen LogP contribution is 2.19. The predicted octanol–water partition coefficient (Wildman–Crippen LogP) is 3.16. The molecule has 0 unspecified atom stereocenters. The molecule has 0 aromatic carbocycles. The second-order valence-electron chi connectivity index (χ2n) is 6.39. The number of amides is 1. The van der Waals surface area contributed by atoms with Crippen LogP contribution < -0.4 is 10.9 Å². The van der Waals surface area contributed by atoms with Crippen LogP contribution in [0, 0.1) is 5.41 Å². The Kier molecular flexibility index (Phi) is 6.03. The number of rotatable bonds is 5. The molecule has 0 aliphatic rings. The number of hydrogen-bond acceptors (Lipinski definition) is 5. The predicted molar refractivity (Wildman–Crippen MR) is 98.5 cm³/mol. The summed E-state index contributed by atoms with van der Waals surface area (Å²) in [5.41, 5.74) is -1.09. The minimum Gasteiger partial charge on any atom is -0.351 e. The van der Waals surface area contributed by atoms with E-state index in [1.54, 1.807) is 12.1 Å². The second kappa shape index (κ2) is 7.68. The molecule has 0 bridgehead atoms. The Hall–Kier alpha value is -1.70. The van der Waals surface area contributed by atoms with E-state index in [0.29, 0.717) is 11.4 Å². The van der Waals surface area contributed by atoms with Crippen LogP contribution in [0.15, 0.2) is 23.1 Å². The molecule has 2 heterocycles. The van der Waals surface area contributed by atoms with Gasteiger partial charge >= 0.3 is 0 Å². The van der Waals surface area contributed by atoms with Gasteiger partial charge in [-0.05, 0) is 12.1 Å². The summed E-state index contributed by atoms with van der Waals surface area (Å²) in [5, 5.41) is 6.52. The largest absolute Gasteiger partial charge is 0.351 e. The number of nitrogens with one attached hydrogen (secondary N) is 1. The maximum absolute atomic E-state index is 12.3. The Bertz CT molecular complexity index is 868. The van der Waals surface area contributed by atoms with E-state index >= 15 is 0 Å².